The lowest BCUT2D eigenvalue weighted by molar-refractivity contribution is -0.126. The summed E-state index contributed by atoms with van der Waals surface area (Å²) in [5, 5.41) is 3.50. The number of carbonyl (C=O) groups is 1. The Morgan fingerprint density at radius 2 is 2.18 bits per heavy atom. The fourth-order valence-corrected chi connectivity index (χ4v) is 2.25. The minimum Gasteiger partial charge on any atom is -0.338 e. The second-order valence-corrected chi connectivity index (χ2v) is 5.15. The Morgan fingerprint density at radius 3 is 2.71 bits per heavy atom. The van der Waals surface area contributed by atoms with Gasteiger partial charge in [-0.1, -0.05) is 18.9 Å². The lowest BCUT2D eigenvalue weighted by Gasteiger charge is -2.30. The molecule has 1 rings (SSSR count). The summed E-state index contributed by atoms with van der Waals surface area (Å²) in [5.41, 5.74) is 1.08. The highest BCUT2D eigenvalue weighted by Gasteiger charge is 2.18. The Kier molecular flexibility index (Phi) is 6.27. The number of hydrogen-bond acceptors (Lipinski definition) is 2. The van der Waals surface area contributed by atoms with E-state index in [1.54, 1.807) is 6.08 Å². The van der Waals surface area contributed by atoms with Crippen molar-refractivity contribution >= 4 is 5.91 Å². The second-order valence-electron chi connectivity index (χ2n) is 5.15. The highest BCUT2D eigenvalue weighted by molar-refractivity contribution is 5.88. The van der Waals surface area contributed by atoms with Gasteiger partial charge >= 0.3 is 0 Å². The molecule has 0 radical (unpaired) electrons. The van der Waals surface area contributed by atoms with Crippen LogP contribution in [0.25, 0.3) is 0 Å². The minimum absolute atomic E-state index is 0.166. The Hall–Kier alpha value is -0.830. The number of carbonyl (C=O) groups excluding carboxylic acids is 1. The van der Waals surface area contributed by atoms with Crippen molar-refractivity contribution in [2.24, 2.45) is 0 Å². The monoisotopic (exact) mass is 238 g/mol. The van der Waals surface area contributed by atoms with Crippen LogP contribution in [0.3, 0.4) is 0 Å². The summed E-state index contributed by atoms with van der Waals surface area (Å²) in [6, 6.07) is 0.491. The topological polar surface area (TPSA) is 32.3 Å². The first-order valence-corrected chi connectivity index (χ1v) is 6.80. The quantitative estimate of drug-likeness (QED) is 0.746. The molecule has 0 aromatic heterocycles. The van der Waals surface area contributed by atoms with Crippen LogP contribution in [0.2, 0.25) is 0 Å². The van der Waals surface area contributed by atoms with Crippen LogP contribution in [0, 0.1) is 0 Å². The van der Waals surface area contributed by atoms with Gasteiger partial charge in [0.1, 0.15) is 0 Å². The smallest absolute Gasteiger partial charge is 0.246 e. The summed E-state index contributed by atoms with van der Waals surface area (Å²) in [5.74, 6) is 0.166. The average molecular weight is 238 g/mol. The van der Waals surface area contributed by atoms with Gasteiger partial charge in [0.15, 0.2) is 0 Å². The number of rotatable bonds is 5. The van der Waals surface area contributed by atoms with Crippen molar-refractivity contribution in [3.63, 3.8) is 0 Å². The van der Waals surface area contributed by atoms with Gasteiger partial charge in [-0.15, -0.1) is 0 Å². The van der Waals surface area contributed by atoms with E-state index < -0.39 is 0 Å². The van der Waals surface area contributed by atoms with Crippen LogP contribution in [0.5, 0.6) is 0 Å². The van der Waals surface area contributed by atoms with E-state index >= 15 is 0 Å². The Balaban J connectivity index is 2.52. The maximum atomic E-state index is 12.0. The van der Waals surface area contributed by atoms with E-state index in [1.165, 1.54) is 19.3 Å². The molecule has 0 bridgehead atoms. The van der Waals surface area contributed by atoms with Crippen LogP contribution in [-0.4, -0.2) is 36.5 Å². The van der Waals surface area contributed by atoms with Gasteiger partial charge in [-0.3, -0.25) is 4.79 Å². The molecule has 1 heterocycles. The third-order valence-electron chi connectivity index (χ3n) is 3.07. The molecule has 1 aliphatic rings. The molecule has 0 aliphatic carbocycles. The summed E-state index contributed by atoms with van der Waals surface area (Å²) in [6.45, 7) is 8.89. The van der Waals surface area contributed by atoms with E-state index in [9.17, 15) is 4.79 Å². The van der Waals surface area contributed by atoms with Gasteiger partial charge in [0.05, 0.1) is 0 Å². The zero-order chi connectivity index (χ0) is 12.7. The molecule has 0 saturated carbocycles. The lowest BCUT2D eigenvalue weighted by Crippen LogP contribution is -2.45. The fraction of sp³-hybridized carbons (Fsp3) is 0.786. The molecule has 3 nitrogen and oxygen atoms in total. The van der Waals surface area contributed by atoms with E-state index in [-0.39, 0.29) is 5.91 Å². The standard InChI is InChI=1S/C14H26N2O/c1-4-9-16(14(17)10-12(2)3)11-13-7-5-6-8-15-13/h10,13,15H,4-9,11H2,1-3H3. The van der Waals surface area contributed by atoms with E-state index in [1.807, 2.05) is 18.7 Å². The van der Waals surface area contributed by atoms with Gasteiger partial charge in [-0.05, 0) is 39.7 Å². The fourth-order valence-electron chi connectivity index (χ4n) is 2.25. The van der Waals surface area contributed by atoms with Gasteiger partial charge in [0.25, 0.3) is 0 Å². The van der Waals surface area contributed by atoms with Crippen LogP contribution in [-0.2, 0) is 4.79 Å². The van der Waals surface area contributed by atoms with Crippen LogP contribution < -0.4 is 5.32 Å². The molecule has 0 spiro atoms. The number of hydrogen-bond donors (Lipinski definition) is 1. The maximum absolute atomic E-state index is 12.0. The third-order valence-corrected chi connectivity index (χ3v) is 3.07. The van der Waals surface area contributed by atoms with Crippen LogP contribution in [0.15, 0.2) is 11.6 Å². The van der Waals surface area contributed by atoms with Crippen molar-refractivity contribution in [2.75, 3.05) is 19.6 Å². The van der Waals surface area contributed by atoms with Crippen molar-refractivity contribution in [2.45, 2.75) is 52.5 Å². The van der Waals surface area contributed by atoms with Crippen LogP contribution in [0.4, 0.5) is 0 Å². The number of nitrogens with zero attached hydrogens (tertiary/aromatic N) is 1. The first-order chi connectivity index (χ1) is 8.13. The normalized spacial score (nSPS) is 19.8. The molecular weight excluding hydrogens is 212 g/mol. The number of piperidine rings is 1. The first kappa shape index (κ1) is 14.2. The molecule has 1 aliphatic heterocycles. The Morgan fingerprint density at radius 1 is 1.41 bits per heavy atom. The third kappa shape index (κ3) is 5.35. The number of nitrogens with one attached hydrogen (secondary N) is 1. The molecule has 1 saturated heterocycles. The lowest BCUT2D eigenvalue weighted by atomic mass is 10.0. The van der Waals surface area contributed by atoms with Crippen molar-refractivity contribution < 1.29 is 4.79 Å². The molecular formula is C14H26N2O. The van der Waals surface area contributed by atoms with Gasteiger partial charge in [-0.2, -0.15) is 0 Å². The maximum Gasteiger partial charge on any atom is 0.246 e. The summed E-state index contributed by atoms with van der Waals surface area (Å²) in [4.78, 5) is 14.0. The van der Waals surface area contributed by atoms with Gasteiger partial charge in [0, 0.05) is 25.2 Å². The predicted octanol–water partition coefficient (Wildman–Crippen LogP) is 2.33. The summed E-state index contributed by atoms with van der Waals surface area (Å²) in [7, 11) is 0. The van der Waals surface area contributed by atoms with Crippen LogP contribution >= 0.6 is 0 Å². The van der Waals surface area contributed by atoms with Crippen LogP contribution in [0.1, 0.15) is 46.5 Å². The number of allylic oxidation sites excluding steroid dienone is 1. The van der Waals surface area contributed by atoms with Gasteiger partial charge < -0.3 is 10.2 Å². The van der Waals surface area contributed by atoms with E-state index in [4.69, 9.17) is 0 Å². The second kappa shape index (κ2) is 7.49. The Labute approximate surface area is 105 Å². The van der Waals surface area contributed by atoms with Crippen molar-refractivity contribution in [1.82, 2.24) is 10.2 Å². The summed E-state index contributed by atoms with van der Waals surface area (Å²) in [6.07, 6.45) is 6.52. The SMILES string of the molecule is CCCN(CC1CCCCN1)C(=O)C=C(C)C. The molecule has 1 unspecified atom stereocenters. The largest absolute Gasteiger partial charge is 0.338 e. The minimum atomic E-state index is 0.166. The zero-order valence-corrected chi connectivity index (χ0v) is 11.5. The van der Waals surface area contributed by atoms with E-state index in [0.29, 0.717) is 6.04 Å². The van der Waals surface area contributed by atoms with E-state index in [2.05, 4.69) is 12.2 Å². The molecule has 0 aromatic carbocycles. The molecule has 1 N–H and O–H groups in total. The van der Waals surface area contributed by atoms with Crippen molar-refractivity contribution in [3.8, 4) is 0 Å². The molecule has 1 fully saturated rings. The predicted molar refractivity (Wildman–Crippen MR) is 71.9 cm³/mol. The van der Waals surface area contributed by atoms with Gasteiger partial charge in [0.2, 0.25) is 5.91 Å². The van der Waals surface area contributed by atoms with Gasteiger partial charge in [-0.25, -0.2) is 0 Å². The Bertz CT molecular complexity index is 263. The molecule has 17 heavy (non-hydrogen) atoms. The highest BCUT2D eigenvalue weighted by Crippen LogP contribution is 2.09. The van der Waals surface area contributed by atoms with E-state index in [0.717, 1.165) is 31.6 Å². The molecule has 1 atom stereocenters. The molecule has 98 valence electrons. The average Bonchev–Trinajstić information content (AvgIpc) is 2.29. The first-order valence-electron chi connectivity index (χ1n) is 6.80. The number of amides is 1. The molecule has 3 heteroatoms. The zero-order valence-electron chi connectivity index (χ0n) is 11.5. The highest BCUT2D eigenvalue weighted by atomic mass is 16.2. The summed E-state index contributed by atoms with van der Waals surface area (Å²) < 4.78 is 0. The van der Waals surface area contributed by atoms with Crippen molar-refractivity contribution in [1.29, 1.82) is 0 Å². The van der Waals surface area contributed by atoms with Crippen molar-refractivity contribution in [3.05, 3.63) is 11.6 Å². The molecule has 1 amide bonds. The summed E-state index contributed by atoms with van der Waals surface area (Å²) >= 11 is 0. The molecule has 0 aromatic rings.